The first-order valence-corrected chi connectivity index (χ1v) is 4.48. The molecule has 2 rings (SSSR count). The van der Waals surface area contributed by atoms with Crippen LogP contribution < -0.4 is 0 Å². The van der Waals surface area contributed by atoms with Gasteiger partial charge in [-0.1, -0.05) is 6.07 Å². The SMILES string of the molecule is CN1CCC[C@H]1c1cccnc1.O. The molecule has 0 spiro atoms. The minimum absolute atomic E-state index is 0. The van der Waals surface area contributed by atoms with Gasteiger partial charge in [0.2, 0.25) is 0 Å². The lowest BCUT2D eigenvalue weighted by atomic mass is 10.1. The van der Waals surface area contributed by atoms with Gasteiger partial charge in [0, 0.05) is 18.4 Å². The quantitative estimate of drug-likeness (QED) is 0.648. The number of likely N-dealkylation sites (tertiary alicyclic amines) is 1. The van der Waals surface area contributed by atoms with Gasteiger partial charge in [-0.25, -0.2) is 0 Å². The minimum atomic E-state index is 0. The molecular weight excluding hydrogens is 164 g/mol. The van der Waals surface area contributed by atoms with E-state index in [0.29, 0.717) is 6.04 Å². The fourth-order valence-electron chi connectivity index (χ4n) is 1.90. The summed E-state index contributed by atoms with van der Waals surface area (Å²) in [6.45, 7) is 1.22. The van der Waals surface area contributed by atoms with Crippen LogP contribution in [0.5, 0.6) is 0 Å². The molecule has 13 heavy (non-hydrogen) atoms. The van der Waals surface area contributed by atoms with Gasteiger partial charge in [0.25, 0.3) is 0 Å². The Labute approximate surface area is 78.7 Å². The zero-order valence-electron chi connectivity index (χ0n) is 7.90. The molecular formula is C10H16N2O. The van der Waals surface area contributed by atoms with Gasteiger partial charge < -0.3 is 5.48 Å². The molecule has 0 saturated carbocycles. The van der Waals surface area contributed by atoms with Gasteiger partial charge in [-0.15, -0.1) is 0 Å². The van der Waals surface area contributed by atoms with Crippen molar-refractivity contribution in [3.05, 3.63) is 30.1 Å². The first-order chi connectivity index (χ1) is 5.88. The van der Waals surface area contributed by atoms with Crippen molar-refractivity contribution in [3.63, 3.8) is 0 Å². The van der Waals surface area contributed by atoms with Crippen molar-refractivity contribution in [2.45, 2.75) is 18.9 Å². The second kappa shape index (κ2) is 4.35. The fourth-order valence-corrected chi connectivity index (χ4v) is 1.90. The van der Waals surface area contributed by atoms with E-state index in [1.54, 1.807) is 0 Å². The van der Waals surface area contributed by atoms with Gasteiger partial charge in [0.1, 0.15) is 0 Å². The van der Waals surface area contributed by atoms with Crippen LogP contribution in [-0.2, 0) is 0 Å². The van der Waals surface area contributed by atoms with Crippen molar-refractivity contribution < 1.29 is 5.48 Å². The Morgan fingerprint density at radius 2 is 2.38 bits per heavy atom. The highest BCUT2D eigenvalue weighted by Gasteiger charge is 2.21. The third-order valence-electron chi connectivity index (χ3n) is 2.59. The molecule has 1 saturated heterocycles. The molecule has 0 aliphatic carbocycles. The predicted octanol–water partition coefficient (Wildman–Crippen LogP) is 1.02. The van der Waals surface area contributed by atoms with Crippen LogP contribution in [0.25, 0.3) is 0 Å². The van der Waals surface area contributed by atoms with Crippen LogP contribution in [0.4, 0.5) is 0 Å². The van der Waals surface area contributed by atoms with Gasteiger partial charge in [-0.2, -0.15) is 0 Å². The summed E-state index contributed by atoms with van der Waals surface area (Å²) in [7, 11) is 2.19. The number of rotatable bonds is 1. The monoisotopic (exact) mass is 180 g/mol. The van der Waals surface area contributed by atoms with Gasteiger partial charge >= 0.3 is 0 Å². The van der Waals surface area contributed by atoms with E-state index in [1.165, 1.54) is 24.9 Å². The molecule has 1 aromatic rings. The Hall–Kier alpha value is -0.930. The number of pyridine rings is 1. The fraction of sp³-hybridized carbons (Fsp3) is 0.500. The Bertz CT molecular complexity index is 250. The molecule has 3 nitrogen and oxygen atoms in total. The lowest BCUT2D eigenvalue weighted by Crippen LogP contribution is -2.17. The molecule has 0 aromatic carbocycles. The molecule has 1 atom stereocenters. The molecule has 2 heterocycles. The van der Waals surface area contributed by atoms with E-state index in [4.69, 9.17) is 0 Å². The topological polar surface area (TPSA) is 47.6 Å². The highest BCUT2D eigenvalue weighted by molar-refractivity contribution is 5.14. The van der Waals surface area contributed by atoms with Crippen molar-refractivity contribution in [3.8, 4) is 0 Å². The second-order valence-electron chi connectivity index (χ2n) is 3.42. The van der Waals surface area contributed by atoms with Crippen molar-refractivity contribution in [1.29, 1.82) is 0 Å². The highest BCUT2D eigenvalue weighted by atomic mass is 16.0. The first-order valence-electron chi connectivity index (χ1n) is 4.48. The van der Waals surface area contributed by atoms with Crippen molar-refractivity contribution >= 4 is 0 Å². The number of hydrogen-bond donors (Lipinski definition) is 0. The molecule has 0 amide bonds. The summed E-state index contributed by atoms with van der Waals surface area (Å²) in [4.78, 5) is 6.54. The lowest BCUT2D eigenvalue weighted by Gasteiger charge is -2.18. The van der Waals surface area contributed by atoms with Crippen LogP contribution in [0, 0.1) is 0 Å². The smallest absolute Gasteiger partial charge is 0.0360 e. The summed E-state index contributed by atoms with van der Waals surface area (Å²) in [5.41, 5.74) is 1.36. The van der Waals surface area contributed by atoms with E-state index in [9.17, 15) is 0 Å². The average Bonchev–Trinajstić information content (AvgIpc) is 2.53. The Balaban J connectivity index is 0.000000845. The van der Waals surface area contributed by atoms with Crippen LogP contribution in [0.1, 0.15) is 24.4 Å². The predicted molar refractivity (Wildman–Crippen MR) is 52.5 cm³/mol. The highest BCUT2D eigenvalue weighted by Crippen LogP contribution is 2.29. The molecule has 1 aliphatic heterocycles. The van der Waals surface area contributed by atoms with Crippen LogP contribution in [0.2, 0.25) is 0 Å². The van der Waals surface area contributed by atoms with Crippen LogP contribution in [0.3, 0.4) is 0 Å². The summed E-state index contributed by atoms with van der Waals surface area (Å²) in [5.74, 6) is 0. The third-order valence-corrected chi connectivity index (χ3v) is 2.59. The molecule has 72 valence electrons. The van der Waals surface area contributed by atoms with E-state index in [-0.39, 0.29) is 5.48 Å². The summed E-state index contributed by atoms with van der Waals surface area (Å²) < 4.78 is 0. The van der Waals surface area contributed by atoms with E-state index in [2.05, 4.69) is 23.0 Å². The zero-order valence-corrected chi connectivity index (χ0v) is 7.90. The zero-order chi connectivity index (χ0) is 8.39. The standard InChI is InChI=1S/C10H14N2.H2O/c1-12-7-3-5-10(12)9-4-2-6-11-8-9;/h2,4,6,8,10H,3,5,7H2,1H3;1H2/t10-;/m0./s1. The summed E-state index contributed by atoms with van der Waals surface area (Å²) in [5, 5.41) is 0. The maximum atomic E-state index is 4.14. The van der Waals surface area contributed by atoms with Gasteiger partial charge in [0.05, 0.1) is 0 Å². The largest absolute Gasteiger partial charge is 0.412 e. The maximum Gasteiger partial charge on any atom is 0.0360 e. The van der Waals surface area contributed by atoms with Crippen LogP contribution >= 0.6 is 0 Å². The molecule has 1 fully saturated rings. The molecule has 1 aliphatic rings. The van der Waals surface area contributed by atoms with E-state index >= 15 is 0 Å². The minimum Gasteiger partial charge on any atom is -0.412 e. The van der Waals surface area contributed by atoms with Crippen molar-refractivity contribution in [1.82, 2.24) is 9.88 Å². The molecule has 3 heteroatoms. The van der Waals surface area contributed by atoms with Crippen molar-refractivity contribution in [2.24, 2.45) is 0 Å². The maximum absolute atomic E-state index is 4.14. The Morgan fingerprint density at radius 3 is 2.92 bits per heavy atom. The number of hydrogen-bond acceptors (Lipinski definition) is 2. The van der Waals surface area contributed by atoms with Crippen LogP contribution in [-0.4, -0.2) is 29.0 Å². The van der Waals surface area contributed by atoms with Gasteiger partial charge in [0.15, 0.2) is 0 Å². The van der Waals surface area contributed by atoms with E-state index in [1.807, 2.05) is 18.5 Å². The Kier molecular flexibility index (Phi) is 3.39. The van der Waals surface area contributed by atoms with Gasteiger partial charge in [-0.3, -0.25) is 9.88 Å². The average molecular weight is 180 g/mol. The van der Waals surface area contributed by atoms with Gasteiger partial charge in [-0.05, 0) is 38.1 Å². The van der Waals surface area contributed by atoms with E-state index in [0.717, 1.165) is 0 Å². The summed E-state index contributed by atoms with van der Waals surface area (Å²) in [6.07, 6.45) is 6.41. The molecule has 2 N–H and O–H groups in total. The molecule has 0 bridgehead atoms. The van der Waals surface area contributed by atoms with Crippen molar-refractivity contribution in [2.75, 3.05) is 13.6 Å². The van der Waals surface area contributed by atoms with Crippen LogP contribution in [0.15, 0.2) is 24.5 Å². The number of nitrogens with zero attached hydrogens (tertiary/aromatic N) is 2. The lowest BCUT2D eigenvalue weighted by molar-refractivity contribution is 0.317. The van der Waals surface area contributed by atoms with E-state index < -0.39 is 0 Å². The molecule has 0 unspecified atom stereocenters. The first kappa shape index (κ1) is 10.2. The second-order valence-corrected chi connectivity index (χ2v) is 3.42. The molecule has 1 aromatic heterocycles. The number of aromatic nitrogens is 1. The summed E-state index contributed by atoms with van der Waals surface area (Å²) >= 11 is 0. The Morgan fingerprint density at radius 1 is 1.54 bits per heavy atom. The third kappa shape index (κ3) is 2.05. The summed E-state index contributed by atoms with van der Waals surface area (Å²) in [6, 6.07) is 4.79. The molecule has 0 radical (unpaired) electrons. The normalized spacial score (nSPS) is 22.7.